The quantitative estimate of drug-likeness (QED) is 0.723. The van der Waals surface area contributed by atoms with E-state index < -0.39 is 0 Å². The van der Waals surface area contributed by atoms with Gasteiger partial charge in [0.05, 0.1) is 0 Å². The first-order valence-corrected chi connectivity index (χ1v) is 11.2. The molecule has 0 bridgehead atoms. The molecule has 2 heterocycles. The minimum atomic E-state index is -0.0983. The molecule has 3 atom stereocenters. The standard InChI is InChI=1S/C25H30N2O2/c28-23(15-19-7-1-2-8-19)26-14-13-25(17-26)18-27(22-12-6-5-11-21(22)25)24(29)16-20-9-3-4-10-20/h1,3,5-7,9,11-12,19-20H,2,4,8,10,13-18H2. The highest BCUT2D eigenvalue weighted by Crippen LogP contribution is 2.47. The van der Waals surface area contributed by atoms with Crippen LogP contribution < -0.4 is 4.90 Å². The summed E-state index contributed by atoms with van der Waals surface area (Å²) in [5, 5.41) is 0. The Morgan fingerprint density at radius 3 is 2.31 bits per heavy atom. The number of benzene rings is 1. The second-order valence-electron chi connectivity index (χ2n) is 9.28. The predicted molar refractivity (Wildman–Crippen MR) is 115 cm³/mol. The lowest BCUT2D eigenvalue weighted by molar-refractivity contribution is -0.131. The van der Waals surface area contributed by atoms with Gasteiger partial charge in [0.1, 0.15) is 0 Å². The van der Waals surface area contributed by atoms with Crippen LogP contribution in [0.25, 0.3) is 0 Å². The molecule has 4 heteroatoms. The van der Waals surface area contributed by atoms with Gasteiger partial charge in [-0.25, -0.2) is 0 Å². The number of rotatable bonds is 4. The summed E-state index contributed by atoms with van der Waals surface area (Å²) in [6.45, 7) is 2.26. The van der Waals surface area contributed by atoms with Crippen molar-refractivity contribution in [3.63, 3.8) is 0 Å². The van der Waals surface area contributed by atoms with E-state index in [4.69, 9.17) is 0 Å². The van der Waals surface area contributed by atoms with Gasteiger partial charge in [-0.2, -0.15) is 0 Å². The number of nitrogens with zero attached hydrogens (tertiary/aromatic N) is 2. The summed E-state index contributed by atoms with van der Waals surface area (Å²) in [5.74, 6) is 1.29. The van der Waals surface area contributed by atoms with Crippen molar-refractivity contribution in [1.82, 2.24) is 4.90 Å². The van der Waals surface area contributed by atoms with E-state index in [-0.39, 0.29) is 17.2 Å². The van der Waals surface area contributed by atoms with E-state index in [0.717, 1.165) is 50.9 Å². The Hall–Kier alpha value is -2.36. The summed E-state index contributed by atoms with van der Waals surface area (Å²) in [6, 6.07) is 8.35. The Morgan fingerprint density at radius 2 is 1.62 bits per heavy atom. The first kappa shape index (κ1) is 18.7. The Balaban J connectivity index is 1.32. The maximum absolute atomic E-state index is 13.2. The van der Waals surface area contributed by atoms with Crippen molar-refractivity contribution in [2.24, 2.45) is 11.8 Å². The van der Waals surface area contributed by atoms with Crippen LogP contribution in [0.3, 0.4) is 0 Å². The number of likely N-dealkylation sites (tertiary alicyclic amines) is 1. The molecule has 29 heavy (non-hydrogen) atoms. The molecule has 0 aromatic heterocycles. The van der Waals surface area contributed by atoms with Crippen LogP contribution in [0.5, 0.6) is 0 Å². The molecule has 2 amide bonds. The Labute approximate surface area is 173 Å². The van der Waals surface area contributed by atoms with Gasteiger partial charge in [0.25, 0.3) is 0 Å². The topological polar surface area (TPSA) is 40.6 Å². The number of carbonyl (C=O) groups excluding carboxylic acids is 2. The number of amides is 2. The molecule has 1 saturated heterocycles. The lowest BCUT2D eigenvalue weighted by Gasteiger charge is -2.26. The van der Waals surface area contributed by atoms with E-state index in [0.29, 0.717) is 31.2 Å². The van der Waals surface area contributed by atoms with Crippen molar-refractivity contribution in [2.75, 3.05) is 24.5 Å². The van der Waals surface area contributed by atoms with E-state index in [2.05, 4.69) is 47.4 Å². The maximum Gasteiger partial charge on any atom is 0.227 e. The summed E-state index contributed by atoms with van der Waals surface area (Å²) < 4.78 is 0. The molecule has 1 aromatic rings. The number of hydrogen-bond donors (Lipinski definition) is 0. The fraction of sp³-hybridized carbons (Fsp3) is 0.520. The van der Waals surface area contributed by atoms with Crippen LogP contribution in [0, 0.1) is 11.8 Å². The Morgan fingerprint density at radius 1 is 0.931 bits per heavy atom. The van der Waals surface area contributed by atoms with Gasteiger partial charge in [-0.1, -0.05) is 42.5 Å². The molecule has 2 aliphatic carbocycles. The highest BCUT2D eigenvalue weighted by atomic mass is 16.2. The lowest BCUT2D eigenvalue weighted by atomic mass is 9.81. The third kappa shape index (κ3) is 3.43. The molecule has 0 saturated carbocycles. The van der Waals surface area contributed by atoms with Crippen molar-refractivity contribution in [1.29, 1.82) is 0 Å². The monoisotopic (exact) mass is 390 g/mol. The highest BCUT2D eigenvalue weighted by Gasteiger charge is 2.49. The van der Waals surface area contributed by atoms with Crippen molar-refractivity contribution in [3.8, 4) is 0 Å². The van der Waals surface area contributed by atoms with E-state index in [1.807, 2.05) is 11.0 Å². The van der Waals surface area contributed by atoms with Crippen LogP contribution in [-0.2, 0) is 15.0 Å². The number of carbonyl (C=O) groups is 2. The van der Waals surface area contributed by atoms with Gasteiger partial charge in [-0.15, -0.1) is 0 Å². The van der Waals surface area contributed by atoms with Gasteiger partial charge < -0.3 is 9.80 Å². The zero-order valence-corrected chi connectivity index (χ0v) is 17.1. The van der Waals surface area contributed by atoms with Crippen LogP contribution in [-0.4, -0.2) is 36.3 Å². The molecule has 0 N–H and O–H groups in total. The van der Waals surface area contributed by atoms with E-state index in [1.54, 1.807) is 0 Å². The minimum absolute atomic E-state index is 0.0983. The fourth-order valence-electron chi connectivity index (χ4n) is 5.71. The molecule has 152 valence electrons. The smallest absolute Gasteiger partial charge is 0.227 e. The first-order valence-electron chi connectivity index (χ1n) is 11.2. The summed E-state index contributed by atoms with van der Waals surface area (Å²) >= 11 is 0. The second kappa shape index (κ2) is 7.47. The molecule has 1 spiro atoms. The van der Waals surface area contributed by atoms with Crippen LogP contribution in [0.4, 0.5) is 5.69 Å². The van der Waals surface area contributed by atoms with Crippen molar-refractivity contribution in [3.05, 3.63) is 54.1 Å². The number of anilines is 1. The molecule has 4 nitrogen and oxygen atoms in total. The molecule has 3 unspecified atom stereocenters. The van der Waals surface area contributed by atoms with Gasteiger partial charge in [-0.05, 0) is 55.6 Å². The number of fused-ring (bicyclic) bond motifs is 2. The zero-order chi connectivity index (χ0) is 19.8. The summed E-state index contributed by atoms with van der Waals surface area (Å²) in [7, 11) is 0. The molecule has 1 fully saturated rings. The van der Waals surface area contributed by atoms with Crippen molar-refractivity contribution >= 4 is 17.5 Å². The second-order valence-corrected chi connectivity index (χ2v) is 9.28. The molecular weight excluding hydrogens is 360 g/mol. The minimum Gasteiger partial charge on any atom is -0.342 e. The molecular formula is C25H30N2O2. The van der Waals surface area contributed by atoms with E-state index >= 15 is 0 Å². The molecule has 5 rings (SSSR count). The van der Waals surface area contributed by atoms with Crippen LogP contribution >= 0.6 is 0 Å². The third-order valence-corrected chi connectivity index (χ3v) is 7.33. The summed E-state index contributed by atoms with van der Waals surface area (Å²) in [5.41, 5.74) is 2.22. The SMILES string of the molecule is O=C(CC1C=CCC1)N1CCC2(C1)CN(C(=O)CC1C=CCC1)c1ccccc12. The highest BCUT2D eigenvalue weighted by molar-refractivity contribution is 5.96. The lowest BCUT2D eigenvalue weighted by Crippen LogP contribution is -2.40. The van der Waals surface area contributed by atoms with Crippen LogP contribution in [0.2, 0.25) is 0 Å². The fourth-order valence-corrected chi connectivity index (χ4v) is 5.71. The molecule has 4 aliphatic rings. The van der Waals surface area contributed by atoms with Gasteiger partial charge in [0, 0.05) is 43.6 Å². The zero-order valence-electron chi connectivity index (χ0n) is 17.1. The number of para-hydroxylation sites is 1. The van der Waals surface area contributed by atoms with Gasteiger partial charge >= 0.3 is 0 Å². The summed E-state index contributed by atoms with van der Waals surface area (Å²) in [4.78, 5) is 30.1. The predicted octanol–water partition coefficient (Wildman–Crippen LogP) is 4.22. The van der Waals surface area contributed by atoms with E-state index in [9.17, 15) is 9.59 Å². The normalized spacial score (nSPS) is 29.9. The van der Waals surface area contributed by atoms with Gasteiger partial charge in [-0.3, -0.25) is 9.59 Å². The van der Waals surface area contributed by atoms with Gasteiger partial charge in [0.2, 0.25) is 11.8 Å². The maximum atomic E-state index is 13.2. The first-order chi connectivity index (χ1) is 14.1. The number of allylic oxidation sites excluding steroid dienone is 4. The van der Waals surface area contributed by atoms with Crippen LogP contribution in [0.15, 0.2) is 48.6 Å². The molecule has 2 aliphatic heterocycles. The average molecular weight is 391 g/mol. The van der Waals surface area contributed by atoms with Crippen molar-refractivity contribution < 1.29 is 9.59 Å². The molecule has 0 radical (unpaired) electrons. The van der Waals surface area contributed by atoms with E-state index in [1.165, 1.54) is 5.56 Å². The Bertz CT molecular complexity index is 873. The largest absolute Gasteiger partial charge is 0.342 e. The average Bonchev–Trinajstić information content (AvgIpc) is 3.51. The number of hydrogen-bond acceptors (Lipinski definition) is 2. The van der Waals surface area contributed by atoms with Gasteiger partial charge in [0.15, 0.2) is 0 Å². The van der Waals surface area contributed by atoms with Crippen molar-refractivity contribution in [2.45, 2.75) is 50.4 Å². The molecule has 1 aromatic carbocycles. The van der Waals surface area contributed by atoms with Crippen LogP contribution in [0.1, 0.15) is 50.5 Å². The third-order valence-electron chi connectivity index (χ3n) is 7.33. The Kier molecular flexibility index (Phi) is 4.81. The summed E-state index contributed by atoms with van der Waals surface area (Å²) in [6.07, 6.45) is 15.3.